The number of rotatable bonds is 3. The number of carbonyl (C=O) groups is 2. The smallest absolute Gasteiger partial charge is 0.335 e. The molecule has 21 heavy (non-hydrogen) atoms. The summed E-state index contributed by atoms with van der Waals surface area (Å²) in [5.41, 5.74) is 0.500. The van der Waals surface area contributed by atoms with Gasteiger partial charge in [-0.3, -0.25) is 9.79 Å². The Morgan fingerprint density at radius 2 is 2.05 bits per heavy atom. The fourth-order valence-corrected chi connectivity index (χ4v) is 2.58. The molecule has 1 amide bonds. The average Bonchev–Trinajstić information content (AvgIpc) is 2.65. The molecule has 0 saturated heterocycles. The Balaban J connectivity index is 2.54. The summed E-state index contributed by atoms with van der Waals surface area (Å²) in [6.45, 7) is 7.37. The molecule has 0 spiro atoms. The van der Waals surface area contributed by atoms with Crippen LogP contribution in [0.2, 0.25) is 5.02 Å². The van der Waals surface area contributed by atoms with E-state index in [1.165, 1.54) is 12.1 Å². The summed E-state index contributed by atoms with van der Waals surface area (Å²) in [4.78, 5) is 27.7. The fraction of sp³-hybridized carbons (Fsp3) is 0.400. The SMILES string of the molecule is Cc1cc(C(=O)O)cc(Cl)c1C1=NC(C)(C(C)C)C(=O)N1. The van der Waals surface area contributed by atoms with E-state index in [2.05, 4.69) is 10.3 Å². The van der Waals surface area contributed by atoms with E-state index in [9.17, 15) is 9.59 Å². The number of benzene rings is 1. The van der Waals surface area contributed by atoms with Crippen LogP contribution < -0.4 is 5.32 Å². The van der Waals surface area contributed by atoms with E-state index in [-0.39, 0.29) is 22.4 Å². The molecule has 112 valence electrons. The second kappa shape index (κ2) is 5.15. The summed E-state index contributed by atoms with van der Waals surface area (Å²) in [6, 6.07) is 2.88. The first-order valence-electron chi connectivity index (χ1n) is 6.62. The number of halogens is 1. The minimum Gasteiger partial charge on any atom is -0.478 e. The van der Waals surface area contributed by atoms with Gasteiger partial charge in [-0.2, -0.15) is 0 Å². The molecule has 6 heteroatoms. The Bertz CT molecular complexity index is 644. The standard InChI is InChI=1S/C15H17ClN2O3/c1-7(2)15(4)14(21)17-12(18-15)11-8(3)5-9(13(19)20)6-10(11)16/h5-7H,1-4H3,(H,19,20)(H,17,18,21). The zero-order valence-corrected chi connectivity index (χ0v) is 13.1. The molecule has 0 aliphatic carbocycles. The van der Waals surface area contributed by atoms with Crippen molar-refractivity contribution in [3.8, 4) is 0 Å². The van der Waals surface area contributed by atoms with E-state index in [0.29, 0.717) is 17.0 Å². The lowest BCUT2D eigenvalue weighted by Crippen LogP contribution is -2.41. The number of aryl methyl sites for hydroxylation is 1. The third kappa shape index (κ3) is 2.53. The maximum Gasteiger partial charge on any atom is 0.335 e. The van der Waals surface area contributed by atoms with Gasteiger partial charge >= 0.3 is 5.97 Å². The van der Waals surface area contributed by atoms with Crippen molar-refractivity contribution in [3.63, 3.8) is 0 Å². The maximum atomic E-state index is 12.2. The fourth-order valence-electron chi connectivity index (χ4n) is 2.22. The lowest BCUT2D eigenvalue weighted by Gasteiger charge is -2.21. The van der Waals surface area contributed by atoms with E-state index in [1.54, 1.807) is 13.8 Å². The number of nitrogens with one attached hydrogen (secondary N) is 1. The van der Waals surface area contributed by atoms with Crippen molar-refractivity contribution in [2.24, 2.45) is 10.9 Å². The third-order valence-electron chi connectivity index (χ3n) is 3.93. The van der Waals surface area contributed by atoms with Crippen molar-refractivity contribution in [2.75, 3.05) is 0 Å². The van der Waals surface area contributed by atoms with Crippen LogP contribution in [0.1, 0.15) is 42.3 Å². The topological polar surface area (TPSA) is 78.8 Å². The van der Waals surface area contributed by atoms with E-state index in [4.69, 9.17) is 16.7 Å². The van der Waals surface area contributed by atoms with E-state index < -0.39 is 11.5 Å². The molecule has 0 fully saturated rings. The molecule has 2 N–H and O–H groups in total. The van der Waals surface area contributed by atoms with Crippen LogP contribution in [0.3, 0.4) is 0 Å². The van der Waals surface area contributed by atoms with Gasteiger partial charge in [-0.15, -0.1) is 0 Å². The molecule has 0 saturated carbocycles. The Morgan fingerprint density at radius 3 is 2.48 bits per heavy atom. The minimum atomic E-state index is -1.05. The highest BCUT2D eigenvalue weighted by molar-refractivity contribution is 6.35. The normalized spacial score (nSPS) is 21.4. The zero-order chi connectivity index (χ0) is 15.9. The van der Waals surface area contributed by atoms with E-state index in [0.717, 1.165) is 0 Å². The molecule has 0 aromatic heterocycles. The van der Waals surface area contributed by atoms with Gasteiger partial charge in [-0.25, -0.2) is 4.79 Å². The predicted octanol–water partition coefficient (Wildman–Crippen LogP) is 2.64. The third-order valence-corrected chi connectivity index (χ3v) is 4.23. The minimum absolute atomic E-state index is 0.0346. The van der Waals surface area contributed by atoms with Gasteiger partial charge < -0.3 is 10.4 Å². The number of hydrogen-bond acceptors (Lipinski definition) is 3. The number of carbonyl (C=O) groups excluding carboxylic acids is 1. The van der Waals surface area contributed by atoms with Crippen LogP contribution >= 0.6 is 11.6 Å². The van der Waals surface area contributed by atoms with Crippen LogP contribution in [0.5, 0.6) is 0 Å². The number of carboxylic acids is 1. The molecule has 1 atom stereocenters. The summed E-state index contributed by atoms with van der Waals surface area (Å²) in [7, 11) is 0. The molecule has 1 aliphatic rings. The van der Waals surface area contributed by atoms with Crippen LogP contribution in [0.25, 0.3) is 0 Å². The highest BCUT2D eigenvalue weighted by Crippen LogP contribution is 2.30. The summed E-state index contributed by atoms with van der Waals surface area (Å²) < 4.78 is 0. The number of nitrogens with zero attached hydrogens (tertiary/aromatic N) is 1. The van der Waals surface area contributed by atoms with Crippen molar-refractivity contribution < 1.29 is 14.7 Å². The number of hydrogen-bond donors (Lipinski definition) is 2. The summed E-state index contributed by atoms with van der Waals surface area (Å²) in [6.07, 6.45) is 0. The van der Waals surface area contributed by atoms with Gasteiger partial charge in [0.05, 0.1) is 10.6 Å². The molecule has 2 rings (SSSR count). The lowest BCUT2D eigenvalue weighted by atomic mass is 9.89. The predicted molar refractivity (Wildman–Crippen MR) is 81.1 cm³/mol. The largest absolute Gasteiger partial charge is 0.478 e. The van der Waals surface area contributed by atoms with Crippen LogP contribution in [-0.4, -0.2) is 28.4 Å². The molecular weight excluding hydrogens is 292 g/mol. The summed E-state index contributed by atoms with van der Waals surface area (Å²) in [5.74, 6) is -0.788. The second-order valence-electron chi connectivity index (χ2n) is 5.67. The van der Waals surface area contributed by atoms with Crippen molar-refractivity contribution in [3.05, 3.63) is 33.8 Å². The van der Waals surface area contributed by atoms with Crippen molar-refractivity contribution in [2.45, 2.75) is 33.2 Å². The molecule has 0 bridgehead atoms. The molecule has 5 nitrogen and oxygen atoms in total. The van der Waals surface area contributed by atoms with Gasteiger partial charge in [0, 0.05) is 5.56 Å². The summed E-state index contributed by atoms with van der Waals surface area (Å²) in [5, 5.41) is 12.0. The molecule has 1 heterocycles. The second-order valence-corrected chi connectivity index (χ2v) is 6.08. The van der Waals surface area contributed by atoms with Gasteiger partial charge in [0.2, 0.25) is 0 Å². The Labute approximate surface area is 128 Å². The van der Waals surface area contributed by atoms with E-state index >= 15 is 0 Å². The average molecular weight is 309 g/mol. The molecule has 1 aliphatic heterocycles. The number of aromatic carboxylic acids is 1. The molecule has 1 aromatic rings. The zero-order valence-electron chi connectivity index (χ0n) is 12.3. The van der Waals surface area contributed by atoms with Crippen LogP contribution in [0.15, 0.2) is 17.1 Å². The number of amides is 1. The van der Waals surface area contributed by atoms with Gasteiger partial charge in [0.1, 0.15) is 11.4 Å². The van der Waals surface area contributed by atoms with Crippen molar-refractivity contribution in [1.82, 2.24) is 5.32 Å². The molecule has 0 radical (unpaired) electrons. The van der Waals surface area contributed by atoms with Gasteiger partial charge in [-0.05, 0) is 37.5 Å². The monoisotopic (exact) mass is 308 g/mol. The number of carboxylic acid groups (broad SMARTS) is 1. The van der Waals surface area contributed by atoms with E-state index in [1.807, 2.05) is 13.8 Å². The van der Waals surface area contributed by atoms with Crippen molar-refractivity contribution in [1.29, 1.82) is 0 Å². The van der Waals surface area contributed by atoms with Crippen molar-refractivity contribution >= 4 is 29.3 Å². The molecular formula is C15H17ClN2O3. The quantitative estimate of drug-likeness (QED) is 0.901. The highest BCUT2D eigenvalue weighted by Gasteiger charge is 2.42. The molecule has 1 aromatic carbocycles. The Hall–Kier alpha value is -1.88. The summed E-state index contributed by atoms with van der Waals surface area (Å²) >= 11 is 6.18. The van der Waals surface area contributed by atoms with Crippen LogP contribution in [-0.2, 0) is 4.79 Å². The lowest BCUT2D eigenvalue weighted by molar-refractivity contribution is -0.124. The first-order chi connectivity index (χ1) is 9.66. The van der Waals surface area contributed by atoms with Gasteiger partial charge in [0.25, 0.3) is 5.91 Å². The highest BCUT2D eigenvalue weighted by atomic mass is 35.5. The van der Waals surface area contributed by atoms with Gasteiger partial charge in [0.15, 0.2) is 0 Å². The Kier molecular flexibility index (Phi) is 3.80. The first-order valence-corrected chi connectivity index (χ1v) is 6.99. The number of aliphatic imine (C=N–C) groups is 1. The number of amidine groups is 1. The van der Waals surface area contributed by atoms with Gasteiger partial charge in [-0.1, -0.05) is 25.4 Å². The Morgan fingerprint density at radius 1 is 1.43 bits per heavy atom. The molecule has 1 unspecified atom stereocenters. The first kappa shape index (κ1) is 15.5. The van der Waals surface area contributed by atoms with Crippen LogP contribution in [0, 0.1) is 12.8 Å². The van der Waals surface area contributed by atoms with Crippen LogP contribution in [0.4, 0.5) is 0 Å². The maximum absolute atomic E-state index is 12.2.